The minimum Gasteiger partial charge on any atom is -0.369 e. The van der Waals surface area contributed by atoms with E-state index in [9.17, 15) is 4.79 Å². The Morgan fingerprint density at radius 2 is 2.00 bits per heavy atom. The smallest absolute Gasteiger partial charge is 0.230 e. The summed E-state index contributed by atoms with van der Waals surface area (Å²) in [5.41, 5.74) is 6.39. The highest BCUT2D eigenvalue weighted by atomic mass is 35.5. The van der Waals surface area contributed by atoms with Gasteiger partial charge in [-0.3, -0.25) is 4.79 Å². The highest BCUT2D eigenvalue weighted by molar-refractivity contribution is 8.03. The van der Waals surface area contributed by atoms with Gasteiger partial charge in [-0.25, -0.2) is 0 Å². The van der Waals surface area contributed by atoms with Crippen molar-refractivity contribution >= 4 is 52.4 Å². The van der Waals surface area contributed by atoms with E-state index >= 15 is 0 Å². The Balaban J connectivity index is 1.89. The number of hydrogen-bond donors (Lipinski definition) is 1. The number of nitrogens with two attached hydrogens (primary N) is 1. The van der Waals surface area contributed by atoms with Gasteiger partial charge in [-0.05, 0) is 24.6 Å². The van der Waals surface area contributed by atoms with Crippen LogP contribution in [0.1, 0.15) is 12.5 Å². The summed E-state index contributed by atoms with van der Waals surface area (Å²) >= 11 is 10.3. The molecule has 4 nitrogen and oxygen atoms in total. The molecule has 106 valence electrons. The first kappa shape index (κ1) is 15.6. The van der Waals surface area contributed by atoms with Gasteiger partial charge < -0.3 is 5.73 Å². The number of amides is 1. The molecule has 0 saturated heterocycles. The summed E-state index contributed by atoms with van der Waals surface area (Å²) in [6, 6.07) is 7.71. The second-order valence-electron chi connectivity index (χ2n) is 3.91. The SMILES string of the molecule is C[C@H](Sc1nnc(SCc2ccc(Cl)cc2)s1)C(N)=O. The van der Waals surface area contributed by atoms with E-state index in [1.54, 1.807) is 18.7 Å². The van der Waals surface area contributed by atoms with Crippen molar-refractivity contribution in [2.45, 2.75) is 26.6 Å². The molecular weight excluding hydrogens is 334 g/mol. The molecule has 0 aliphatic heterocycles. The van der Waals surface area contributed by atoms with Gasteiger partial charge in [-0.15, -0.1) is 10.2 Å². The van der Waals surface area contributed by atoms with E-state index in [0.29, 0.717) is 0 Å². The lowest BCUT2D eigenvalue weighted by molar-refractivity contribution is -0.117. The van der Waals surface area contributed by atoms with Gasteiger partial charge in [0.2, 0.25) is 5.91 Å². The van der Waals surface area contributed by atoms with Crippen LogP contribution in [-0.4, -0.2) is 21.4 Å². The van der Waals surface area contributed by atoms with Gasteiger partial charge in [-0.2, -0.15) is 0 Å². The van der Waals surface area contributed by atoms with Crippen LogP contribution in [0.5, 0.6) is 0 Å². The van der Waals surface area contributed by atoms with Crippen LogP contribution in [0.3, 0.4) is 0 Å². The van der Waals surface area contributed by atoms with Crippen molar-refractivity contribution in [3.8, 4) is 0 Å². The van der Waals surface area contributed by atoms with Crippen LogP contribution in [-0.2, 0) is 10.5 Å². The zero-order chi connectivity index (χ0) is 14.5. The molecule has 1 aromatic heterocycles. The van der Waals surface area contributed by atoms with Crippen LogP contribution < -0.4 is 5.73 Å². The lowest BCUT2D eigenvalue weighted by Gasteiger charge is -2.01. The quantitative estimate of drug-likeness (QED) is 0.812. The number of hydrogen-bond acceptors (Lipinski definition) is 6. The molecule has 20 heavy (non-hydrogen) atoms. The van der Waals surface area contributed by atoms with Crippen molar-refractivity contribution in [2.24, 2.45) is 5.73 Å². The number of nitrogens with zero attached hydrogens (tertiary/aromatic N) is 2. The van der Waals surface area contributed by atoms with Crippen molar-refractivity contribution in [3.63, 3.8) is 0 Å². The maximum atomic E-state index is 11.0. The molecule has 1 atom stereocenters. The van der Waals surface area contributed by atoms with Crippen molar-refractivity contribution < 1.29 is 4.79 Å². The molecule has 0 aliphatic rings. The number of benzene rings is 1. The number of carbonyl (C=O) groups excluding carboxylic acids is 1. The van der Waals surface area contributed by atoms with Crippen LogP contribution in [0, 0.1) is 0 Å². The molecule has 2 rings (SSSR count). The molecule has 0 aliphatic carbocycles. The zero-order valence-electron chi connectivity index (χ0n) is 10.6. The van der Waals surface area contributed by atoms with Crippen molar-refractivity contribution in [3.05, 3.63) is 34.9 Å². The molecule has 1 aromatic carbocycles. The van der Waals surface area contributed by atoms with Crippen LogP contribution in [0.25, 0.3) is 0 Å². The summed E-state index contributed by atoms with van der Waals surface area (Å²) in [5, 5.41) is 8.58. The van der Waals surface area contributed by atoms with E-state index in [2.05, 4.69) is 10.2 Å². The summed E-state index contributed by atoms with van der Waals surface area (Å²) in [6.07, 6.45) is 0. The topological polar surface area (TPSA) is 68.9 Å². The predicted molar refractivity (Wildman–Crippen MR) is 85.4 cm³/mol. The number of halogens is 1. The normalized spacial score (nSPS) is 12.3. The van der Waals surface area contributed by atoms with E-state index in [4.69, 9.17) is 17.3 Å². The first-order chi connectivity index (χ1) is 9.54. The molecule has 8 heteroatoms. The fraction of sp³-hybridized carbons (Fsp3) is 0.250. The average molecular weight is 346 g/mol. The van der Waals surface area contributed by atoms with E-state index in [1.165, 1.54) is 28.7 Å². The van der Waals surface area contributed by atoms with E-state index < -0.39 is 0 Å². The van der Waals surface area contributed by atoms with Crippen LogP contribution in [0.2, 0.25) is 5.02 Å². The Morgan fingerprint density at radius 1 is 1.35 bits per heavy atom. The van der Waals surface area contributed by atoms with Crippen molar-refractivity contribution in [1.29, 1.82) is 0 Å². The van der Waals surface area contributed by atoms with Gasteiger partial charge in [0.05, 0.1) is 5.25 Å². The molecule has 0 fully saturated rings. The maximum Gasteiger partial charge on any atom is 0.230 e. The molecule has 1 heterocycles. The molecule has 0 spiro atoms. The molecule has 0 radical (unpaired) electrons. The average Bonchev–Trinajstić information content (AvgIpc) is 2.85. The minimum absolute atomic E-state index is 0.294. The third-order valence-electron chi connectivity index (χ3n) is 2.34. The summed E-state index contributed by atoms with van der Waals surface area (Å²) in [7, 11) is 0. The minimum atomic E-state index is -0.347. The summed E-state index contributed by atoms with van der Waals surface area (Å²) in [5.74, 6) is 0.461. The lowest BCUT2D eigenvalue weighted by Crippen LogP contribution is -2.22. The molecule has 0 saturated carbocycles. The first-order valence-electron chi connectivity index (χ1n) is 5.71. The Labute approximate surface area is 134 Å². The second kappa shape index (κ2) is 7.31. The van der Waals surface area contributed by atoms with Crippen LogP contribution >= 0.6 is 46.5 Å². The maximum absolute atomic E-state index is 11.0. The van der Waals surface area contributed by atoms with Gasteiger partial charge in [0, 0.05) is 10.8 Å². The number of thioether (sulfide) groups is 2. The third-order valence-corrected chi connectivity index (χ3v) is 5.92. The van der Waals surface area contributed by atoms with E-state index in [1.807, 2.05) is 24.3 Å². The number of carbonyl (C=O) groups is 1. The molecule has 2 N–H and O–H groups in total. The summed E-state index contributed by atoms with van der Waals surface area (Å²) in [6.45, 7) is 1.76. The van der Waals surface area contributed by atoms with Gasteiger partial charge in [0.25, 0.3) is 0 Å². The van der Waals surface area contributed by atoms with Crippen molar-refractivity contribution in [2.75, 3.05) is 0 Å². The van der Waals surface area contributed by atoms with Crippen molar-refractivity contribution in [1.82, 2.24) is 10.2 Å². The van der Waals surface area contributed by atoms with E-state index in [-0.39, 0.29) is 11.2 Å². The number of rotatable bonds is 6. The highest BCUT2D eigenvalue weighted by Gasteiger charge is 2.14. The van der Waals surface area contributed by atoms with E-state index in [0.717, 1.165) is 19.5 Å². The Hall–Kier alpha value is -0.760. The number of aromatic nitrogens is 2. The summed E-state index contributed by atoms with van der Waals surface area (Å²) in [4.78, 5) is 11.0. The van der Waals surface area contributed by atoms with Crippen LogP contribution in [0.4, 0.5) is 0 Å². The zero-order valence-corrected chi connectivity index (χ0v) is 13.8. The standard InChI is InChI=1S/C12H12ClN3OS3/c1-7(10(14)17)19-12-16-15-11(20-12)18-6-8-2-4-9(13)5-3-8/h2-5,7H,6H2,1H3,(H2,14,17)/t7-/m0/s1. The molecule has 1 amide bonds. The molecule has 0 bridgehead atoms. The largest absolute Gasteiger partial charge is 0.369 e. The van der Waals surface area contributed by atoms with Gasteiger partial charge in [0.15, 0.2) is 8.68 Å². The van der Waals surface area contributed by atoms with Gasteiger partial charge in [0.1, 0.15) is 0 Å². The predicted octanol–water partition coefficient (Wildman–Crippen LogP) is 3.45. The third kappa shape index (κ3) is 4.66. The lowest BCUT2D eigenvalue weighted by atomic mass is 10.2. The molecule has 0 unspecified atom stereocenters. The Kier molecular flexibility index (Phi) is 5.71. The molecule has 2 aromatic rings. The van der Waals surface area contributed by atoms with Gasteiger partial charge in [-0.1, -0.05) is 58.6 Å². The summed E-state index contributed by atoms with van der Waals surface area (Å²) < 4.78 is 1.63. The van der Waals surface area contributed by atoms with Gasteiger partial charge >= 0.3 is 0 Å². The fourth-order valence-electron chi connectivity index (χ4n) is 1.24. The fourth-order valence-corrected chi connectivity index (χ4v) is 4.43. The Bertz CT molecular complexity index is 588. The number of primary amides is 1. The first-order valence-corrected chi connectivity index (χ1v) is 8.77. The Morgan fingerprint density at radius 3 is 2.65 bits per heavy atom. The van der Waals surface area contributed by atoms with Crippen LogP contribution in [0.15, 0.2) is 32.9 Å². The second-order valence-corrected chi connectivity index (χ2v) is 8.14. The highest BCUT2D eigenvalue weighted by Crippen LogP contribution is 2.32. The molecular formula is C12H12ClN3OS3. The monoisotopic (exact) mass is 345 g/mol.